The quantitative estimate of drug-likeness (QED) is 0.0655. The molecule has 6 unspecified atom stereocenters. The fourth-order valence-corrected chi connectivity index (χ4v) is 9.21. The summed E-state index contributed by atoms with van der Waals surface area (Å²) in [6.07, 6.45) is 23.9. The van der Waals surface area contributed by atoms with Crippen LogP contribution in [0.3, 0.4) is 0 Å². The predicted octanol–water partition coefficient (Wildman–Crippen LogP) is 6.31. The molecular weight excluding hydrogens is 632 g/mol. The summed E-state index contributed by atoms with van der Waals surface area (Å²) < 4.78 is 23.0. The molecule has 5 rings (SSSR count). The molecule has 0 aromatic rings. The minimum atomic E-state index is -1.01. The third-order valence-corrected chi connectivity index (χ3v) is 12.1. The number of aliphatic carboxylic acids is 2. The largest absolute Gasteiger partial charge is 0.481 e. The highest BCUT2D eigenvalue weighted by Gasteiger charge is 2.42. The molecule has 0 radical (unpaired) electrons. The van der Waals surface area contributed by atoms with E-state index in [2.05, 4.69) is 6.11 Å². The molecule has 0 spiro atoms. The van der Waals surface area contributed by atoms with Gasteiger partial charge in [-0.2, -0.15) is 0 Å². The summed E-state index contributed by atoms with van der Waals surface area (Å²) in [5.41, 5.74) is 0. The maximum atomic E-state index is 13.0. The molecule has 5 aliphatic rings. The van der Waals surface area contributed by atoms with E-state index < -0.39 is 35.7 Å². The number of carboxylic acids is 2. The van der Waals surface area contributed by atoms with Crippen LogP contribution in [0.25, 0.3) is 0 Å². The van der Waals surface area contributed by atoms with Gasteiger partial charge in [-0.25, -0.2) is 9.78 Å². The van der Waals surface area contributed by atoms with Gasteiger partial charge in [0.25, 0.3) is 0 Å². The van der Waals surface area contributed by atoms with Crippen molar-refractivity contribution in [1.29, 1.82) is 0 Å². The SMILES string of the molecule is C#COC1CCC(C(=O)OC2CCC(C3CCC(OOCC4CCC(OCCOC5CCCCC5)CC4C(=O)O)CC3)CC2)C(C(=O)O)C1. The molecule has 49 heavy (non-hydrogen) atoms. The van der Waals surface area contributed by atoms with Gasteiger partial charge in [0.1, 0.15) is 18.3 Å². The number of hydrogen-bond acceptors (Lipinski definition) is 9. The number of hydrogen-bond donors (Lipinski definition) is 2. The zero-order valence-corrected chi connectivity index (χ0v) is 29.1. The Morgan fingerprint density at radius 1 is 0.592 bits per heavy atom. The zero-order valence-electron chi connectivity index (χ0n) is 29.1. The molecule has 11 heteroatoms. The summed E-state index contributed by atoms with van der Waals surface area (Å²) in [4.78, 5) is 48.4. The van der Waals surface area contributed by atoms with Crippen LogP contribution in [0.1, 0.15) is 122 Å². The van der Waals surface area contributed by atoms with Crippen molar-refractivity contribution in [3.05, 3.63) is 0 Å². The van der Waals surface area contributed by atoms with Gasteiger partial charge in [0.15, 0.2) is 0 Å². The Kier molecular flexibility index (Phi) is 14.9. The first-order valence-corrected chi connectivity index (χ1v) is 19.1. The first kappa shape index (κ1) is 37.9. The van der Waals surface area contributed by atoms with E-state index in [0.717, 1.165) is 77.0 Å². The molecule has 0 aromatic carbocycles. The number of rotatable bonds is 15. The van der Waals surface area contributed by atoms with Crippen molar-refractivity contribution in [2.75, 3.05) is 19.8 Å². The monoisotopic (exact) mass is 690 g/mol. The molecule has 0 saturated heterocycles. The highest BCUT2D eigenvalue weighted by molar-refractivity contribution is 5.81. The van der Waals surface area contributed by atoms with Crippen molar-refractivity contribution in [3.63, 3.8) is 0 Å². The Morgan fingerprint density at radius 2 is 1.16 bits per heavy atom. The second-order valence-corrected chi connectivity index (χ2v) is 15.3. The standard InChI is InChI=1S/C38H58O11/c1-2-44-31-18-19-33(35(23-31)37(41)42)38(43)48-29-13-8-25(9-14-29)26-10-15-30(16-11-26)49-47-24-27-12-17-32(22-34(27)36(39)40)46-21-20-45-28-6-4-3-5-7-28/h1,25-35H,3-24H2,(H,39,40)(H,41,42). The molecule has 276 valence electrons. The van der Waals surface area contributed by atoms with Gasteiger partial charge in [0.2, 0.25) is 0 Å². The molecule has 2 N–H and O–H groups in total. The molecule has 0 amide bonds. The van der Waals surface area contributed by atoms with Crippen LogP contribution in [-0.2, 0) is 43.1 Å². The maximum absolute atomic E-state index is 13.0. The molecule has 0 bridgehead atoms. The second-order valence-electron chi connectivity index (χ2n) is 15.3. The Morgan fingerprint density at radius 3 is 1.80 bits per heavy atom. The zero-order chi connectivity index (χ0) is 34.6. The van der Waals surface area contributed by atoms with Crippen LogP contribution in [0.15, 0.2) is 0 Å². The van der Waals surface area contributed by atoms with Gasteiger partial charge in [-0.05, 0) is 120 Å². The van der Waals surface area contributed by atoms with Crippen molar-refractivity contribution in [2.24, 2.45) is 35.5 Å². The second kappa shape index (κ2) is 19.3. The van der Waals surface area contributed by atoms with Crippen LogP contribution >= 0.6 is 0 Å². The van der Waals surface area contributed by atoms with Crippen LogP contribution in [-0.4, -0.2) is 78.5 Å². The highest BCUT2D eigenvalue weighted by atomic mass is 17.2. The van der Waals surface area contributed by atoms with Crippen molar-refractivity contribution >= 4 is 17.9 Å². The smallest absolute Gasteiger partial charge is 0.310 e. The normalized spacial score (nSPS) is 35.9. The van der Waals surface area contributed by atoms with Gasteiger partial charge < -0.3 is 29.2 Å². The lowest BCUT2D eigenvalue weighted by Crippen LogP contribution is -2.40. The minimum absolute atomic E-state index is 0.0176. The van der Waals surface area contributed by atoms with E-state index in [-0.39, 0.29) is 43.4 Å². The number of esters is 1. The van der Waals surface area contributed by atoms with Crippen molar-refractivity contribution in [2.45, 2.75) is 153 Å². The molecule has 0 aliphatic heterocycles. The minimum Gasteiger partial charge on any atom is -0.481 e. The topological polar surface area (TPSA) is 147 Å². The van der Waals surface area contributed by atoms with Crippen LogP contribution in [0.4, 0.5) is 0 Å². The molecule has 5 aliphatic carbocycles. The van der Waals surface area contributed by atoms with Crippen LogP contribution in [0.5, 0.6) is 0 Å². The third-order valence-electron chi connectivity index (χ3n) is 12.1. The first-order valence-electron chi connectivity index (χ1n) is 19.1. The van der Waals surface area contributed by atoms with Crippen LogP contribution < -0.4 is 0 Å². The lowest BCUT2D eigenvalue weighted by Gasteiger charge is -2.38. The Labute approximate surface area is 291 Å². The van der Waals surface area contributed by atoms with E-state index in [4.69, 9.17) is 35.1 Å². The van der Waals surface area contributed by atoms with E-state index in [1.165, 1.54) is 19.3 Å². The van der Waals surface area contributed by atoms with Gasteiger partial charge in [-0.1, -0.05) is 25.7 Å². The Balaban J connectivity index is 0.939. The maximum Gasteiger partial charge on any atom is 0.310 e. The number of carbonyl (C=O) groups is 3. The Bertz CT molecular complexity index is 1080. The summed E-state index contributed by atoms with van der Waals surface area (Å²) in [5.74, 6) is -3.14. The molecule has 5 fully saturated rings. The molecular formula is C38H58O11. The summed E-state index contributed by atoms with van der Waals surface area (Å²) in [6.45, 7) is 1.36. The Hall–Kier alpha value is -2.39. The average Bonchev–Trinajstić information content (AvgIpc) is 3.11. The van der Waals surface area contributed by atoms with E-state index in [1.54, 1.807) is 0 Å². The summed E-state index contributed by atoms with van der Waals surface area (Å²) in [5, 5.41) is 19.6. The van der Waals surface area contributed by atoms with Crippen molar-refractivity contribution in [3.8, 4) is 12.5 Å². The molecule has 11 nitrogen and oxygen atoms in total. The van der Waals surface area contributed by atoms with Gasteiger partial charge in [-0.3, -0.25) is 14.4 Å². The lowest BCUT2D eigenvalue weighted by molar-refractivity contribution is -0.338. The number of terminal acetylenes is 1. The highest BCUT2D eigenvalue weighted by Crippen LogP contribution is 2.41. The number of carbonyl (C=O) groups excluding carboxylic acids is 1. The molecule has 0 aromatic heterocycles. The molecule has 6 atom stereocenters. The number of carboxylic acid groups (broad SMARTS) is 2. The molecule has 0 heterocycles. The third kappa shape index (κ3) is 11.3. The van der Waals surface area contributed by atoms with Crippen molar-refractivity contribution in [1.82, 2.24) is 0 Å². The van der Waals surface area contributed by atoms with Gasteiger partial charge in [0, 0.05) is 0 Å². The van der Waals surface area contributed by atoms with Crippen LogP contribution in [0, 0.1) is 48.0 Å². The van der Waals surface area contributed by atoms with Gasteiger partial charge in [0.05, 0.1) is 55.9 Å². The summed E-state index contributed by atoms with van der Waals surface area (Å²) in [7, 11) is 0. The summed E-state index contributed by atoms with van der Waals surface area (Å²) in [6, 6.07) is 0. The first-order chi connectivity index (χ1) is 23.8. The predicted molar refractivity (Wildman–Crippen MR) is 178 cm³/mol. The summed E-state index contributed by atoms with van der Waals surface area (Å²) >= 11 is 0. The average molecular weight is 691 g/mol. The number of ether oxygens (including phenoxy) is 4. The van der Waals surface area contributed by atoms with E-state index in [0.29, 0.717) is 50.4 Å². The fraction of sp³-hybridized carbons (Fsp3) is 0.868. The lowest BCUT2D eigenvalue weighted by atomic mass is 9.72. The molecule has 5 saturated carbocycles. The van der Waals surface area contributed by atoms with Gasteiger partial charge in [-0.15, -0.1) is 0 Å². The van der Waals surface area contributed by atoms with E-state index >= 15 is 0 Å². The fourth-order valence-electron chi connectivity index (χ4n) is 9.21. The van der Waals surface area contributed by atoms with Gasteiger partial charge >= 0.3 is 17.9 Å². The van der Waals surface area contributed by atoms with E-state index in [9.17, 15) is 24.6 Å². The van der Waals surface area contributed by atoms with E-state index in [1.807, 2.05) is 0 Å². The van der Waals surface area contributed by atoms with Crippen molar-refractivity contribution < 1.29 is 53.3 Å². The van der Waals surface area contributed by atoms with Crippen LogP contribution in [0.2, 0.25) is 0 Å².